The molecule has 0 aromatic carbocycles. The molecule has 0 atom stereocenters. The van der Waals surface area contributed by atoms with Crippen LogP contribution >= 0.6 is 0 Å². The molecule has 0 bridgehead atoms. The van der Waals surface area contributed by atoms with Crippen LogP contribution in [0.1, 0.15) is 13.3 Å². The number of aromatic nitrogens is 2. The monoisotopic (exact) mass is 249 g/mol. The minimum absolute atomic E-state index is 0.128. The Labute approximate surface area is 107 Å². The number of carbonyl (C=O) groups excluding carboxylic acids is 1. The van der Waals surface area contributed by atoms with Gasteiger partial charge in [-0.25, -0.2) is 9.97 Å². The van der Waals surface area contributed by atoms with E-state index >= 15 is 0 Å². The van der Waals surface area contributed by atoms with Crippen molar-refractivity contribution in [2.45, 2.75) is 13.3 Å². The molecule has 0 unspecified atom stereocenters. The summed E-state index contributed by atoms with van der Waals surface area (Å²) in [5, 5.41) is 3.22. The Hall–Kier alpha value is -1.85. The number of anilines is 2. The van der Waals surface area contributed by atoms with E-state index in [0.717, 1.165) is 37.7 Å². The fourth-order valence-electron chi connectivity index (χ4n) is 1.82. The van der Waals surface area contributed by atoms with Gasteiger partial charge in [-0.1, -0.05) is 6.92 Å². The summed E-state index contributed by atoms with van der Waals surface area (Å²) in [6.07, 6.45) is 2.59. The molecule has 1 amide bonds. The van der Waals surface area contributed by atoms with Gasteiger partial charge in [-0.05, 0) is 6.42 Å². The summed E-state index contributed by atoms with van der Waals surface area (Å²) in [4.78, 5) is 23.8. The molecule has 6 heteroatoms. The molecule has 1 saturated heterocycles. The molecular formula is C12H19N5O. The van der Waals surface area contributed by atoms with Crippen molar-refractivity contribution in [1.29, 1.82) is 0 Å². The van der Waals surface area contributed by atoms with E-state index in [-0.39, 0.29) is 5.91 Å². The Morgan fingerprint density at radius 3 is 2.94 bits per heavy atom. The zero-order valence-electron chi connectivity index (χ0n) is 10.9. The van der Waals surface area contributed by atoms with Crippen molar-refractivity contribution >= 4 is 17.5 Å². The number of carbonyl (C=O) groups is 1. The van der Waals surface area contributed by atoms with E-state index in [1.807, 2.05) is 18.0 Å². The minimum Gasteiger partial charge on any atom is -0.370 e. The van der Waals surface area contributed by atoms with Gasteiger partial charge in [0.2, 0.25) is 5.91 Å². The average molecular weight is 249 g/mol. The van der Waals surface area contributed by atoms with Crippen LogP contribution in [0.15, 0.2) is 12.4 Å². The van der Waals surface area contributed by atoms with Crippen LogP contribution in [-0.2, 0) is 4.79 Å². The molecule has 0 saturated carbocycles. The highest BCUT2D eigenvalue weighted by molar-refractivity contribution is 5.82. The fraction of sp³-hybridized carbons (Fsp3) is 0.583. The first-order chi connectivity index (χ1) is 8.70. The van der Waals surface area contributed by atoms with E-state index in [2.05, 4.69) is 22.2 Å². The van der Waals surface area contributed by atoms with Crippen molar-refractivity contribution in [3.63, 3.8) is 0 Å². The number of amides is 1. The Kier molecular flexibility index (Phi) is 3.96. The van der Waals surface area contributed by atoms with Crippen LogP contribution in [0, 0.1) is 0 Å². The normalized spacial score (nSPS) is 16.0. The molecule has 1 aromatic rings. The van der Waals surface area contributed by atoms with Crippen LogP contribution in [0.2, 0.25) is 0 Å². The van der Waals surface area contributed by atoms with Crippen molar-refractivity contribution in [2.24, 2.45) is 0 Å². The lowest BCUT2D eigenvalue weighted by Crippen LogP contribution is -2.48. The van der Waals surface area contributed by atoms with E-state index in [1.165, 1.54) is 6.33 Å². The van der Waals surface area contributed by atoms with Crippen LogP contribution in [0.3, 0.4) is 0 Å². The third-order valence-electron chi connectivity index (χ3n) is 2.99. The smallest absolute Gasteiger partial charge is 0.241 e. The number of likely N-dealkylation sites (N-methyl/N-ethyl adjacent to an activating group) is 1. The number of nitrogens with zero attached hydrogens (tertiary/aromatic N) is 4. The number of rotatable bonds is 4. The molecule has 1 fully saturated rings. The average Bonchev–Trinajstić information content (AvgIpc) is 2.40. The predicted molar refractivity (Wildman–Crippen MR) is 70.7 cm³/mol. The lowest BCUT2D eigenvalue weighted by atomic mass is 10.3. The van der Waals surface area contributed by atoms with Gasteiger partial charge in [-0.2, -0.15) is 0 Å². The first-order valence-electron chi connectivity index (χ1n) is 6.25. The number of nitrogens with one attached hydrogen (secondary N) is 1. The molecule has 1 aliphatic heterocycles. The molecular weight excluding hydrogens is 230 g/mol. The maximum Gasteiger partial charge on any atom is 0.241 e. The topological polar surface area (TPSA) is 61.4 Å². The zero-order chi connectivity index (χ0) is 13.0. The molecule has 1 aromatic heterocycles. The Morgan fingerprint density at radius 2 is 2.22 bits per heavy atom. The highest BCUT2D eigenvalue weighted by atomic mass is 16.2. The van der Waals surface area contributed by atoms with Gasteiger partial charge in [0.1, 0.15) is 18.0 Å². The second-order valence-electron chi connectivity index (χ2n) is 4.43. The molecule has 6 nitrogen and oxygen atoms in total. The van der Waals surface area contributed by atoms with Gasteiger partial charge in [0, 0.05) is 32.7 Å². The van der Waals surface area contributed by atoms with E-state index in [4.69, 9.17) is 0 Å². The van der Waals surface area contributed by atoms with Crippen LogP contribution in [-0.4, -0.2) is 54.0 Å². The van der Waals surface area contributed by atoms with Crippen LogP contribution in [0.25, 0.3) is 0 Å². The van der Waals surface area contributed by atoms with E-state index in [1.54, 1.807) is 4.90 Å². The molecule has 98 valence electrons. The number of piperazine rings is 1. The Balaban J connectivity index is 2.06. The van der Waals surface area contributed by atoms with Gasteiger partial charge in [-0.15, -0.1) is 0 Å². The maximum absolute atomic E-state index is 11.7. The summed E-state index contributed by atoms with van der Waals surface area (Å²) in [6, 6.07) is 1.90. The van der Waals surface area contributed by atoms with Crippen molar-refractivity contribution in [1.82, 2.24) is 14.9 Å². The van der Waals surface area contributed by atoms with E-state index in [0.29, 0.717) is 6.54 Å². The highest BCUT2D eigenvalue weighted by Crippen LogP contribution is 2.16. The Bertz CT molecular complexity index is 423. The standard InChI is InChI=1S/C12H19N5O/c1-3-4-13-10-7-11(15-9-14-10)17-6-5-16(2)12(18)8-17/h7,9H,3-6,8H2,1-2H3,(H,13,14,15). The van der Waals surface area contributed by atoms with Crippen molar-refractivity contribution in [3.05, 3.63) is 12.4 Å². The molecule has 1 aliphatic rings. The molecule has 18 heavy (non-hydrogen) atoms. The third-order valence-corrected chi connectivity index (χ3v) is 2.99. The van der Waals surface area contributed by atoms with Crippen molar-refractivity contribution in [2.75, 3.05) is 43.4 Å². The second-order valence-corrected chi connectivity index (χ2v) is 4.43. The van der Waals surface area contributed by atoms with Crippen LogP contribution in [0.5, 0.6) is 0 Å². The summed E-state index contributed by atoms with van der Waals surface area (Å²) < 4.78 is 0. The quantitative estimate of drug-likeness (QED) is 0.845. The second kappa shape index (κ2) is 5.66. The van der Waals surface area contributed by atoms with Crippen molar-refractivity contribution in [3.8, 4) is 0 Å². The largest absolute Gasteiger partial charge is 0.370 e. The fourth-order valence-corrected chi connectivity index (χ4v) is 1.82. The van der Waals surface area contributed by atoms with Gasteiger partial charge in [0.05, 0.1) is 6.54 Å². The zero-order valence-corrected chi connectivity index (χ0v) is 10.9. The van der Waals surface area contributed by atoms with Crippen LogP contribution in [0.4, 0.5) is 11.6 Å². The maximum atomic E-state index is 11.7. The summed E-state index contributed by atoms with van der Waals surface area (Å²) in [7, 11) is 1.83. The summed E-state index contributed by atoms with van der Waals surface area (Å²) in [6.45, 7) is 4.93. The third kappa shape index (κ3) is 2.88. The summed E-state index contributed by atoms with van der Waals surface area (Å²) >= 11 is 0. The van der Waals surface area contributed by atoms with Crippen molar-refractivity contribution < 1.29 is 4.79 Å². The summed E-state index contributed by atoms with van der Waals surface area (Å²) in [5.41, 5.74) is 0. The van der Waals surface area contributed by atoms with Gasteiger partial charge < -0.3 is 15.1 Å². The van der Waals surface area contributed by atoms with Gasteiger partial charge in [0.25, 0.3) is 0 Å². The Morgan fingerprint density at radius 1 is 1.39 bits per heavy atom. The van der Waals surface area contributed by atoms with E-state index in [9.17, 15) is 4.79 Å². The molecule has 0 aliphatic carbocycles. The molecule has 0 radical (unpaired) electrons. The predicted octanol–water partition coefficient (Wildman–Crippen LogP) is 0.577. The SMILES string of the molecule is CCCNc1cc(N2CCN(C)C(=O)C2)ncn1. The van der Waals surface area contributed by atoms with E-state index < -0.39 is 0 Å². The molecule has 0 spiro atoms. The molecule has 1 N–H and O–H groups in total. The first kappa shape index (κ1) is 12.6. The van der Waals surface area contributed by atoms with Gasteiger partial charge >= 0.3 is 0 Å². The number of hydrogen-bond donors (Lipinski definition) is 1. The van der Waals surface area contributed by atoms with Crippen LogP contribution < -0.4 is 10.2 Å². The number of hydrogen-bond acceptors (Lipinski definition) is 5. The minimum atomic E-state index is 0.128. The molecule has 2 rings (SSSR count). The summed E-state index contributed by atoms with van der Waals surface area (Å²) in [5.74, 6) is 1.75. The first-order valence-corrected chi connectivity index (χ1v) is 6.25. The lowest BCUT2D eigenvalue weighted by molar-refractivity contribution is -0.129. The lowest BCUT2D eigenvalue weighted by Gasteiger charge is -2.32. The van der Waals surface area contributed by atoms with Gasteiger partial charge in [-0.3, -0.25) is 4.79 Å². The van der Waals surface area contributed by atoms with Gasteiger partial charge in [0.15, 0.2) is 0 Å². The highest BCUT2D eigenvalue weighted by Gasteiger charge is 2.22. The molecule has 2 heterocycles.